The van der Waals surface area contributed by atoms with Gasteiger partial charge in [-0.1, -0.05) is 41.6 Å². The van der Waals surface area contributed by atoms with E-state index >= 15 is 0 Å². The zero-order chi connectivity index (χ0) is 24.1. The molecule has 0 aliphatic carbocycles. The molecule has 1 aliphatic rings. The number of benzene rings is 2. The van der Waals surface area contributed by atoms with Crippen LogP contribution in [0, 0.1) is 5.92 Å². The van der Waals surface area contributed by atoms with E-state index in [9.17, 15) is 5.11 Å². The minimum absolute atomic E-state index is 0.125. The molecule has 0 radical (unpaired) electrons. The molecule has 34 heavy (non-hydrogen) atoms. The third kappa shape index (κ3) is 5.77. The highest BCUT2D eigenvalue weighted by Gasteiger charge is 2.21. The molecule has 2 heterocycles. The van der Waals surface area contributed by atoms with Crippen LogP contribution in [0.4, 0.5) is 5.95 Å². The fourth-order valence-corrected chi connectivity index (χ4v) is 5.10. The largest absolute Gasteiger partial charge is 0.396 e. The molecule has 0 saturated carbocycles. The van der Waals surface area contributed by atoms with Crippen LogP contribution < -0.4 is 11.1 Å². The molecule has 0 bridgehead atoms. The number of nitrogen functional groups attached to an aromatic ring is 1. The molecule has 0 saturated heterocycles. The van der Waals surface area contributed by atoms with Crippen LogP contribution in [0.1, 0.15) is 24.0 Å². The molecule has 0 fully saturated rings. The summed E-state index contributed by atoms with van der Waals surface area (Å²) in [6, 6.07) is 7.94. The van der Waals surface area contributed by atoms with Crippen molar-refractivity contribution < 1.29 is 20.1 Å². The number of aliphatic hydroxyl groups is 3. The smallest absolute Gasteiger partial charge is 0.224 e. The second-order valence-electron chi connectivity index (χ2n) is 8.16. The van der Waals surface area contributed by atoms with E-state index in [2.05, 4.69) is 20.3 Å². The number of aromatic nitrogens is 3. The second-order valence-corrected chi connectivity index (χ2v) is 9.63. The maximum absolute atomic E-state index is 9.96. The minimum Gasteiger partial charge on any atom is -0.396 e. The van der Waals surface area contributed by atoms with Crippen LogP contribution in [-0.2, 0) is 18.0 Å². The van der Waals surface area contributed by atoms with Gasteiger partial charge in [0.1, 0.15) is 6.23 Å². The molecule has 4 rings (SSSR count). The summed E-state index contributed by atoms with van der Waals surface area (Å²) in [5.41, 5.74) is 8.88. The Bertz CT molecular complexity index is 1150. The summed E-state index contributed by atoms with van der Waals surface area (Å²) < 4.78 is 5.67. The number of aliphatic hydroxyl groups excluding tert-OH is 3. The Kier molecular flexibility index (Phi) is 8.54. The number of anilines is 1. The van der Waals surface area contributed by atoms with Crippen molar-refractivity contribution in [2.24, 2.45) is 5.92 Å². The van der Waals surface area contributed by atoms with E-state index in [0.29, 0.717) is 41.5 Å². The summed E-state index contributed by atoms with van der Waals surface area (Å²) in [5, 5.41) is 34.3. The Morgan fingerprint density at radius 3 is 2.74 bits per heavy atom. The lowest BCUT2D eigenvalue weighted by Crippen LogP contribution is -2.33. The lowest BCUT2D eigenvalue weighted by molar-refractivity contribution is 0.0650. The van der Waals surface area contributed by atoms with Crippen molar-refractivity contribution in [2.45, 2.75) is 37.4 Å². The van der Waals surface area contributed by atoms with Gasteiger partial charge in [0, 0.05) is 30.4 Å². The number of hydrogen-bond acceptors (Lipinski definition) is 10. The summed E-state index contributed by atoms with van der Waals surface area (Å²) in [6.07, 6.45) is 0.247. The van der Waals surface area contributed by atoms with Gasteiger partial charge in [-0.05, 0) is 47.4 Å². The van der Waals surface area contributed by atoms with Crippen molar-refractivity contribution in [3.63, 3.8) is 0 Å². The van der Waals surface area contributed by atoms with Gasteiger partial charge in [0.2, 0.25) is 5.95 Å². The number of rotatable bonds is 11. The fourth-order valence-electron chi connectivity index (χ4n) is 4.00. The van der Waals surface area contributed by atoms with Crippen LogP contribution in [0.25, 0.3) is 22.2 Å². The van der Waals surface area contributed by atoms with Gasteiger partial charge in [-0.25, -0.2) is 4.98 Å². The quantitative estimate of drug-likeness (QED) is 0.149. The third-order valence-electron chi connectivity index (χ3n) is 5.66. The van der Waals surface area contributed by atoms with Crippen LogP contribution in [0.5, 0.6) is 0 Å². The van der Waals surface area contributed by atoms with Crippen molar-refractivity contribution >= 4 is 40.1 Å². The Morgan fingerprint density at radius 2 is 1.94 bits per heavy atom. The van der Waals surface area contributed by atoms with Gasteiger partial charge < -0.3 is 25.8 Å². The van der Waals surface area contributed by atoms with Gasteiger partial charge in [0.15, 0.2) is 11.0 Å². The highest BCUT2D eigenvalue weighted by molar-refractivity contribution is 7.99. The second kappa shape index (κ2) is 11.6. The number of thioether (sulfide) groups is 1. The highest BCUT2D eigenvalue weighted by Crippen LogP contribution is 2.39. The average Bonchev–Trinajstić information content (AvgIpc) is 2.82. The predicted octanol–water partition coefficient (Wildman–Crippen LogP) is 2.34. The minimum atomic E-state index is -0.783. The van der Waals surface area contributed by atoms with Crippen LogP contribution >= 0.6 is 23.4 Å². The number of nitrogens with two attached hydrogens (primary N) is 1. The van der Waals surface area contributed by atoms with Gasteiger partial charge in [-0.15, -0.1) is 0 Å². The van der Waals surface area contributed by atoms with Gasteiger partial charge in [0.25, 0.3) is 0 Å². The molecule has 6 N–H and O–H groups in total. The standard InChI is InChI=1S/C23H28ClN5O4S/c24-17-8-15-12-33-11-14-3-1-4-16(19(14)15)20(17)21-27-22(25)29-23(28-21)34-6-2-5-26-18(32)7-13(9-30)10-31/h1,3-4,8,13,18,26,30-32H,2,5-7,9-12H2,(H2,25,27,28,29). The summed E-state index contributed by atoms with van der Waals surface area (Å²) in [7, 11) is 0. The molecule has 1 aliphatic heterocycles. The zero-order valence-electron chi connectivity index (χ0n) is 18.6. The summed E-state index contributed by atoms with van der Waals surface area (Å²) >= 11 is 8.11. The zero-order valence-corrected chi connectivity index (χ0v) is 20.1. The fraction of sp³-hybridized carbons (Fsp3) is 0.435. The Labute approximate surface area is 206 Å². The number of hydrogen-bond donors (Lipinski definition) is 5. The molecular formula is C23H28ClN5O4S. The molecule has 182 valence electrons. The lowest BCUT2D eigenvalue weighted by Gasteiger charge is -2.20. The molecule has 1 unspecified atom stereocenters. The molecule has 0 spiro atoms. The highest BCUT2D eigenvalue weighted by atomic mass is 35.5. The number of nitrogens with one attached hydrogen (secondary N) is 1. The van der Waals surface area contributed by atoms with Crippen LogP contribution in [0.15, 0.2) is 29.4 Å². The van der Waals surface area contributed by atoms with E-state index in [4.69, 9.17) is 32.3 Å². The summed E-state index contributed by atoms with van der Waals surface area (Å²) in [6.45, 7) is 1.30. The van der Waals surface area contributed by atoms with Crippen molar-refractivity contribution in [3.05, 3.63) is 40.4 Å². The average molecular weight is 506 g/mol. The maximum Gasteiger partial charge on any atom is 0.224 e. The van der Waals surface area contributed by atoms with E-state index in [1.54, 1.807) is 0 Å². The van der Waals surface area contributed by atoms with Crippen molar-refractivity contribution in [3.8, 4) is 11.4 Å². The van der Waals surface area contributed by atoms with Gasteiger partial charge in [0.05, 0.1) is 18.2 Å². The van der Waals surface area contributed by atoms with Gasteiger partial charge in [-0.3, -0.25) is 5.32 Å². The van der Waals surface area contributed by atoms with Crippen LogP contribution in [0.2, 0.25) is 5.02 Å². The molecular weight excluding hydrogens is 478 g/mol. The normalized spacial score (nSPS) is 14.1. The molecule has 1 aromatic heterocycles. The molecule has 3 aromatic rings. The lowest BCUT2D eigenvalue weighted by atomic mass is 9.94. The number of halogens is 1. The van der Waals surface area contributed by atoms with Crippen molar-refractivity contribution in [1.29, 1.82) is 0 Å². The van der Waals surface area contributed by atoms with Gasteiger partial charge >= 0.3 is 0 Å². The summed E-state index contributed by atoms with van der Waals surface area (Å²) in [4.78, 5) is 13.3. The first-order chi connectivity index (χ1) is 16.5. The van der Waals surface area contributed by atoms with Crippen LogP contribution in [0.3, 0.4) is 0 Å². The van der Waals surface area contributed by atoms with E-state index < -0.39 is 6.23 Å². The molecule has 0 amide bonds. The molecule has 9 nitrogen and oxygen atoms in total. The molecule has 1 atom stereocenters. The number of ether oxygens (including phenoxy) is 1. The first-order valence-corrected chi connectivity index (χ1v) is 12.4. The maximum atomic E-state index is 9.96. The van der Waals surface area contributed by atoms with E-state index in [-0.39, 0.29) is 31.5 Å². The van der Waals surface area contributed by atoms with E-state index in [1.807, 2.05) is 24.3 Å². The SMILES string of the molecule is Nc1nc(SCCCNC(O)CC(CO)CO)nc(-c2c(Cl)cc3c4c(cccc24)COC3)n1. The number of nitrogens with zero attached hydrogens (tertiary/aromatic N) is 3. The third-order valence-corrected chi connectivity index (χ3v) is 6.89. The van der Waals surface area contributed by atoms with Crippen LogP contribution in [-0.4, -0.2) is 62.0 Å². The first kappa shape index (κ1) is 25.1. The van der Waals surface area contributed by atoms with Gasteiger partial charge in [-0.2, -0.15) is 9.97 Å². The monoisotopic (exact) mass is 505 g/mol. The Morgan fingerprint density at radius 1 is 1.15 bits per heavy atom. The van der Waals surface area contributed by atoms with E-state index in [0.717, 1.165) is 33.9 Å². The summed E-state index contributed by atoms with van der Waals surface area (Å²) in [5.74, 6) is 0.918. The van der Waals surface area contributed by atoms with E-state index in [1.165, 1.54) is 11.8 Å². The van der Waals surface area contributed by atoms with Crippen molar-refractivity contribution in [2.75, 3.05) is 31.2 Å². The molecule has 11 heteroatoms. The van der Waals surface area contributed by atoms with Crippen molar-refractivity contribution in [1.82, 2.24) is 20.3 Å². The molecule has 2 aromatic carbocycles. The predicted molar refractivity (Wildman–Crippen MR) is 132 cm³/mol. The Hall–Kier alpha value is -2.05. The Balaban J connectivity index is 1.45. The first-order valence-electron chi connectivity index (χ1n) is 11.1. The topological polar surface area (TPSA) is 147 Å².